The summed E-state index contributed by atoms with van der Waals surface area (Å²) in [6.45, 7) is 4.03. The molecule has 1 aliphatic carbocycles. The van der Waals surface area contributed by atoms with E-state index in [1.54, 1.807) is 4.31 Å². The fourth-order valence-corrected chi connectivity index (χ4v) is 6.12. The standard InChI is InChI=1S/C18H31N3O5S/c22-18(15-3-4-15)21(16-5-10-25-11-6-16)17-2-1-7-20(14-17)27(23,24)19-8-12-26-13-9-19/h15-17H,1-14H2. The first kappa shape index (κ1) is 19.6. The lowest BCUT2D eigenvalue weighted by Gasteiger charge is -2.45. The lowest BCUT2D eigenvalue weighted by molar-refractivity contribution is -0.141. The number of rotatable bonds is 5. The molecule has 0 aromatic rings. The van der Waals surface area contributed by atoms with Crippen LogP contribution in [0.15, 0.2) is 0 Å². The third-order valence-corrected chi connectivity index (χ3v) is 8.14. The molecular formula is C18H31N3O5S. The second kappa shape index (κ2) is 8.32. The molecule has 1 unspecified atom stereocenters. The van der Waals surface area contributed by atoms with Gasteiger partial charge in [-0.2, -0.15) is 17.0 Å². The Morgan fingerprint density at radius 2 is 1.48 bits per heavy atom. The highest BCUT2D eigenvalue weighted by molar-refractivity contribution is 7.86. The van der Waals surface area contributed by atoms with E-state index in [0.717, 1.165) is 38.5 Å². The number of carbonyl (C=O) groups excluding carboxylic acids is 1. The van der Waals surface area contributed by atoms with E-state index in [-0.39, 0.29) is 23.9 Å². The summed E-state index contributed by atoms with van der Waals surface area (Å²) in [4.78, 5) is 15.1. The van der Waals surface area contributed by atoms with Gasteiger partial charge in [-0.15, -0.1) is 0 Å². The van der Waals surface area contributed by atoms with Gasteiger partial charge >= 0.3 is 0 Å². The predicted octanol–water partition coefficient (Wildman–Crippen LogP) is 0.445. The van der Waals surface area contributed by atoms with Crippen LogP contribution in [0.2, 0.25) is 0 Å². The number of morpholine rings is 1. The molecule has 1 saturated carbocycles. The predicted molar refractivity (Wildman–Crippen MR) is 99.3 cm³/mol. The van der Waals surface area contributed by atoms with E-state index < -0.39 is 10.2 Å². The van der Waals surface area contributed by atoms with Crippen molar-refractivity contribution in [1.29, 1.82) is 0 Å². The Kier molecular flexibility index (Phi) is 6.03. The first-order valence-corrected chi connectivity index (χ1v) is 11.7. The van der Waals surface area contributed by atoms with Gasteiger partial charge in [-0.25, -0.2) is 0 Å². The molecule has 4 rings (SSSR count). The van der Waals surface area contributed by atoms with Gasteiger partial charge in [-0.1, -0.05) is 0 Å². The van der Waals surface area contributed by atoms with Crippen LogP contribution in [-0.2, 0) is 24.5 Å². The van der Waals surface area contributed by atoms with Crippen molar-refractivity contribution in [2.24, 2.45) is 5.92 Å². The molecule has 0 spiro atoms. The quantitative estimate of drug-likeness (QED) is 0.668. The van der Waals surface area contributed by atoms with Crippen molar-refractivity contribution < 1.29 is 22.7 Å². The van der Waals surface area contributed by atoms with Crippen molar-refractivity contribution in [3.05, 3.63) is 0 Å². The summed E-state index contributed by atoms with van der Waals surface area (Å²) in [6.07, 6.45) is 5.33. The maximum absolute atomic E-state index is 13.1. The molecular weight excluding hydrogens is 370 g/mol. The van der Waals surface area contributed by atoms with Gasteiger partial charge in [0.1, 0.15) is 0 Å². The molecule has 8 nitrogen and oxygen atoms in total. The summed E-state index contributed by atoms with van der Waals surface area (Å²) in [6, 6.07) is 0.161. The van der Waals surface area contributed by atoms with E-state index >= 15 is 0 Å². The van der Waals surface area contributed by atoms with E-state index in [1.807, 2.05) is 0 Å². The SMILES string of the molecule is O=C(C1CC1)N(C1CCOCC1)C1CCCN(S(=O)(=O)N2CCOCC2)C1. The minimum absolute atomic E-state index is 0.0224. The van der Waals surface area contributed by atoms with Gasteiger partial charge in [-0.3, -0.25) is 4.79 Å². The normalized spacial score (nSPS) is 29.6. The lowest BCUT2D eigenvalue weighted by atomic mass is 9.98. The number of nitrogens with zero attached hydrogens (tertiary/aromatic N) is 3. The largest absolute Gasteiger partial charge is 0.381 e. The number of ether oxygens (including phenoxy) is 2. The molecule has 1 atom stereocenters. The van der Waals surface area contributed by atoms with Crippen LogP contribution >= 0.6 is 0 Å². The van der Waals surface area contributed by atoms with Gasteiger partial charge in [-0.05, 0) is 38.5 Å². The van der Waals surface area contributed by atoms with Gasteiger partial charge in [0.15, 0.2) is 0 Å². The van der Waals surface area contributed by atoms with Gasteiger partial charge in [0.05, 0.1) is 13.2 Å². The smallest absolute Gasteiger partial charge is 0.282 e. The van der Waals surface area contributed by atoms with E-state index in [9.17, 15) is 13.2 Å². The number of carbonyl (C=O) groups is 1. The average molecular weight is 402 g/mol. The maximum atomic E-state index is 13.1. The Hall–Kier alpha value is -0.740. The van der Waals surface area contributed by atoms with Crippen molar-refractivity contribution in [2.45, 2.75) is 50.6 Å². The Labute approximate surface area is 161 Å². The minimum Gasteiger partial charge on any atom is -0.381 e. The molecule has 3 heterocycles. The van der Waals surface area contributed by atoms with E-state index in [2.05, 4.69) is 4.90 Å². The second-order valence-corrected chi connectivity index (χ2v) is 9.97. The average Bonchev–Trinajstić information content (AvgIpc) is 3.55. The van der Waals surface area contributed by atoms with Gasteiger partial charge < -0.3 is 14.4 Å². The van der Waals surface area contributed by atoms with E-state index in [0.29, 0.717) is 52.6 Å². The highest BCUT2D eigenvalue weighted by Crippen LogP contribution is 2.35. The fraction of sp³-hybridized carbons (Fsp3) is 0.944. The number of hydrogen-bond acceptors (Lipinski definition) is 5. The molecule has 4 aliphatic rings. The van der Waals surface area contributed by atoms with Crippen molar-refractivity contribution >= 4 is 16.1 Å². The summed E-state index contributed by atoms with van der Waals surface area (Å²) in [5.41, 5.74) is 0. The Morgan fingerprint density at radius 1 is 0.815 bits per heavy atom. The summed E-state index contributed by atoms with van der Waals surface area (Å²) < 4.78 is 40.1. The molecule has 27 heavy (non-hydrogen) atoms. The topological polar surface area (TPSA) is 79.4 Å². The molecule has 0 radical (unpaired) electrons. The Morgan fingerprint density at radius 3 is 2.15 bits per heavy atom. The second-order valence-electron chi connectivity index (χ2n) is 8.04. The molecule has 1 amide bonds. The molecule has 0 aromatic carbocycles. The summed E-state index contributed by atoms with van der Waals surface area (Å²) in [7, 11) is -3.49. The van der Waals surface area contributed by atoms with Crippen molar-refractivity contribution in [3.8, 4) is 0 Å². The van der Waals surface area contributed by atoms with Crippen LogP contribution in [0, 0.1) is 5.92 Å². The number of amides is 1. The third-order valence-electron chi connectivity index (χ3n) is 6.14. The highest BCUT2D eigenvalue weighted by atomic mass is 32.2. The first-order valence-electron chi connectivity index (χ1n) is 10.3. The Balaban J connectivity index is 1.49. The lowest BCUT2D eigenvalue weighted by Crippen LogP contribution is -2.58. The third kappa shape index (κ3) is 4.32. The van der Waals surface area contributed by atoms with E-state index in [4.69, 9.17) is 9.47 Å². The van der Waals surface area contributed by atoms with Gasteiger partial charge in [0, 0.05) is 57.4 Å². The first-order chi connectivity index (χ1) is 13.1. The fourth-order valence-electron chi connectivity index (χ4n) is 4.46. The van der Waals surface area contributed by atoms with Gasteiger partial charge in [0.25, 0.3) is 10.2 Å². The van der Waals surface area contributed by atoms with Crippen molar-refractivity contribution in [3.63, 3.8) is 0 Å². The van der Waals surface area contributed by atoms with Crippen LogP contribution in [0.3, 0.4) is 0 Å². The van der Waals surface area contributed by atoms with Crippen molar-refractivity contribution in [1.82, 2.24) is 13.5 Å². The highest BCUT2D eigenvalue weighted by Gasteiger charge is 2.43. The summed E-state index contributed by atoms with van der Waals surface area (Å²) in [5.74, 6) is 0.386. The molecule has 4 fully saturated rings. The zero-order chi connectivity index (χ0) is 18.9. The number of piperidine rings is 1. The summed E-state index contributed by atoms with van der Waals surface area (Å²) in [5, 5.41) is 0. The van der Waals surface area contributed by atoms with Crippen molar-refractivity contribution in [2.75, 3.05) is 52.6 Å². The van der Waals surface area contributed by atoms with E-state index in [1.165, 1.54) is 4.31 Å². The number of hydrogen-bond donors (Lipinski definition) is 0. The Bertz CT molecular complexity index is 627. The summed E-state index contributed by atoms with van der Waals surface area (Å²) >= 11 is 0. The molecule has 3 saturated heterocycles. The molecule has 0 bridgehead atoms. The minimum atomic E-state index is -3.49. The molecule has 154 valence electrons. The van der Waals surface area contributed by atoms with Crippen LogP contribution in [0.5, 0.6) is 0 Å². The molecule has 0 N–H and O–H groups in total. The molecule has 0 aromatic heterocycles. The molecule has 3 aliphatic heterocycles. The monoisotopic (exact) mass is 401 g/mol. The van der Waals surface area contributed by atoms with Gasteiger partial charge in [0.2, 0.25) is 5.91 Å². The van der Waals surface area contributed by atoms with Crippen LogP contribution in [0.25, 0.3) is 0 Å². The zero-order valence-electron chi connectivity index (χ0n) is 15.9. The van der Waals surface area contributed by atoms with Crippen LogP contribution in [-0.4, -0.2) is 92.5 Å². The molecule has 9 heteroatoms. The maximum Gasteiger partial charge on any atom is 0.282 e. The van der Waals surface area contributed by atoms with Crippen LogP contribution in [0.1, 0.15) is 38.5 Å². The van der Waals surface area contributed by atoms with Crippen LogP contribution < -0.4 is 0 Å². The zero-order valence-corrected chi connectivity index (χ0v) is 16.7. The van der Waals surface area contributed by atoms with Crippen LogP contribution in [0.4, 0.5) is 0 Å².